The SMILES string of the molecule is C=C1C(=O)OC2CC3=CCCC(C)C3(C)C(O)C12. The molecule has 3 heteroatoms. The molecule has 1 saturated heterocycles. The molecule has 0 aromatic rings. The molecule has 2 aliphatic carbocycles. The summed E-state index contributed by atoms with van der Waals surface area (Å²) in [5, 5.41) is 10.8. The van der Waals surface area contributed by atoms with Crippen molar-refractivity contribution in [3.8, 4) is 0 Å². The van der Waals surface area contributed by atoms with Crippen molar-refractivity contribution in [2.75, 3.05) is 0 Å². The van der Waals surface area contributed by atoms with Gasteiger partial charge in [-0.05, 0) is 18.8 Å². The Morgan fingerprint density at radius 3 is 3.00 bits per heavy atom. The van der Waals surface area contributed by atoms with Gasteiger partial charge in [-0.3, -0.25) is 0 Å². The Balaban J connectivity index is 2.04. The molecule has 3 rings (SSSR count). The number of ether oxygens (including phenoxy) is 1. The Morgan fingerprint density at radius 1 is 1.56 bits per heavy atom. The Labute approximate surface area is 108 Å². The van der Waals surface area contributed by atoms with Gasteiger partial charge in [-0.15, -0.1) is 0 Å². The lowest BCUT2D eigenvalue weighted by Crippen LogP contribution is -2.52. The molecule has 0 aromatic carbocycles. The van der Waals surface area contributed by atoms with Crippen LogP contribution < -0.4 is 0 Å². The van der Waals surface area contributed by atoms with Crippen LogP contribution in [0.5, 0.6) is 0 Å². The van der Waals surface area contributed by atoms with Gasteiger partial charge in [0.25, 0.3) is 0 Å². The minimum Gasteiger partial charge on any atom is -0.458 e. The Kier molecular flexibility index (Phi) is 2.46. The van der Waals surface area contributed by atoms with E-state index in [1.807, 2.05) is 0 Å². The van der Waals surface area contributed by atoms with Crippen molar-refractivity contribution in [2.24, 2.45) is 17.3 Å². The maximum atomic E-state index is 11.6. The molecule has 2 fully saturated rings. The van der Waals surface area contributed by atoms with E-state index in [1.54, 1.807) is 0 Å². The quantitative estimate of drug-likeness (QED) is 0.406. The molecule has 5 unspecified atom stereocenters. The van der Waals surface area contributed by atoms with Crippen LogP contribution in [-0.2, 0) is 9.53 Å². The second-order valence-electron chi connectivity index (χ2n) is 6.13. The summed E-state index contributed by atoms with van der Waals surface area (Å²) in [6.07, 6.45) is 4.38. The van der Waals surface area contributed by atoms with Gasteiger partial charge >= 0.3 is 5.97 Å². The lowest BCUT2D eigenvalue weighted by Gasteiger charge is -2.51. The molecule has 1 N–H and O–H groups in total. The van der Waals surface area contributed by atoms with Crippen LogP contribution in [0.3, 0.4) is 0 Å². The van der Waals surface area contributed by atoms with Crippen LogP contribution in [0.1, 0.15) is 33.1 Å². The van der Waals surface area contributed by atoms with Crippen LogP contribution >= 0.6 is 0 Å². The van der Waals surface area contributed by atoms with Crippen LogP contribution in [0.15, 0.2) is 23.8 Å². The molecule has 0 amide bonds. The fourth-order valence-electron chi connectivity index (χ4n) is 3.93. The van der Waals surface area contributed by atoms with Crippen LogP contribution in [0, 0.1) is 17.3 Å². The highest BCUT2D eigenvalue weighted by molar-refractivity contribution is 5.91. The van der Waals surface area contributed by atoms with E-state index in [1.165, 1.54) is 5.57 Å². The van der Waals surface area contributed by atoms with Gasteiger partial charge in [0, 0.05) is 17.4 Å². The monoisotopic (exact) mass is 248 g/mol. The first-order chi connectivity index (χ1) is 8.46. The third-order valence-electron chi connectivity index (χ3n) is 5.41. The van der Waals surface area contributed by atoms with E-state index in [0.29, 0.717) is 11.5 Å². The molecule has 0 aromatic heterocycles. The predicted octanol–water partition coefficient (Wildman–Crippen LogP) is 2.21. The zero-order chi connectivity index (χ0) is 13.1. The van der Waals surface area contributed by atoms with Crippen LogP contribution in [0.2, 0.25) is 0 Å². The molecular formula is C15H20O3. The second-order valence-corrected chi connectivity index (χ2v) is 6.13. The fraction of sp³-hybridized carbons (Fsp3) is 0.667. The van der Waals surface area contributed by atoms with Crippen molar-refractivity contribution in [1.82, 2.24) is 0 Å². The van der Waals surface area contributed by atoms with Crippen LogP contribution in [0.25, 0.3) is 0 Å². The summed E-state index contributed by atoms with van der Waals surface area (Å²) >= 11 is 0. The number of carbonyl (C=O) groups excluding carboxylic acids is 1. The van der Waals surface area contributed by atoms with Gasteiger partial charge in [0.1, 0.15) is 6.10 Å². The fourth-order valence-corrected chi connectivity index (χ4v) is 3.93. The number of aliphatic hydroxyl groups is 1. The standard InChI is InChI=1S/C15H20O3/c1-8-5-4-6-10-7-11-12(9(2)14(17)18-11)13(16)15(8,10)3/h6,8,11-13,16H,2,4-5,7H2,1,3H3. The van der Waals surface area contributed by atoms with Crippen molar-refractivity contribution in [1.29, 1.82) is 0 Å². The minimum atomic E-state index is -0.559. The topological polar surface area (TPSA) is 46.5 Å². The molecule has 0 bridgehead atoms. The summed E-state index contributed by atoms with van der Waals surface area (Å²) in [5.74, 6) is -0.128. The van der Waals surface area contributed by atoms with Crippen molar-refractivity contribution >= 4 is 5.97 Å². The first-order valence-corrected chi connectivity index (χ1v) is 6.73. The van der Waals surface area contributed by atoms with E-state index in [4.69, 9.17) is 4.74 Å². The molecule has 1 heterocycles. The Morgan fingerprint density at radius 2 is 2.28 bits per heavy atom. The van der Waals surface area contributed by atoms with E-state index >= 15 is 0 Å². The first kappa shape index (κ1) is 12.0. The van der Waals surface area contributed by atoms with Gasteiger partial charge in [-0.25, -0.2) is 4.79 Å². The van der Waals surface area contributed by atoms with Gasteiger partial charge in [-0.2, -0.15) is 0 Å². The first-order valence-electron chi connectivity index (χ1n) is 6.73. The van der Waals surface area contributed by atoms with Gasteiger partial charge in [0.15, 0.2) is 0 Å². The summed E-state index contributed by atoms with van der Waals surface area (Å²) in [6, 6.07) is 0. The number of carbonyl (C=O) groups is 1. The zero-order valence-corrected chi connectivity index (χ0v) is 11.0. The molecule has 5 atom stereocenters. The van der Waals surface area contributed by atoms with Gasteiger partial charge in [0.05, 0.1) is 12.0 Å². The van der Waals surface area contributed by atoms with Crippen molar-refractivity contribution in [3.05, 3.63) is 23.8 Å². The molecule has 1 saturated carbocycles. The average molecular weight is 248 g/mol. The van der Waals surface area contributed by atoms with Crippen molar-refractivity contribution in [2.45, 2.75) is 45.3 Å². The van der Waals surface area contributed by atoms with Gasteiger partial charge in [-0.1, -0.05) is 32.1 Å². The lowest BCUT2D eigenvalue weighted by atomic mass is 9.55. The van der Waals surface area contributed by atoms with E-state index in [2.05, 4.69) is 26.5 Å². The smallest absolute Gasteiger partial charge is 0.334 e. The maximum Gasteiger partial charge on any atom is 0.334 e. The number of allylic oxidation sites excluding steroid dienone is 1. The number of hydrogen-bond acceptors (Lipinski definition) is 3. The molecule has 18 heavy (non-hydrogen) atoms. The highest BCUT2D eigenvalue weighted by Gasteiger charge is 2.57. The van der Waals surface area contributed by atoms with E-state index in [-0.39, 0.29) is 23.4 Å². The van der Waals surface area contributed by atoms with E-state index in [9.17, 15) is 9.90 Å². The maximum absolute atomic E-state index is 11.6. The molecular weight excluding hydrogens is 228 g/mol. The Hall–Kier alpha value is -1.09. The normalized spacial score (nSPS) is 47.2. The summed E-state index contributed by atoms with van der Waals surface area (Å²) < 4.78 is 5.34. The van der Waals surface area contributed by atoms with Gasteiger partial charge in [0.2, 0.25) is 0 Å². The van der Waals surface area contributed by atoms with Crippen molar-refractivity contribution < 1.29 is 14.6 Å². The third kappa shape index (κ3) is 1.31. The summed E-state index contributed by atoms with van der Waals surface area (Å²) in [4.78, 5) is 11.6. The molecule has 0 spiro atoms. The lowest BCUT2D eigenvalue weighted by molar-refractivity contribution is -0.141. The summed E-state index contributed by atoms with van der Waals surface area (Å²) in [6.45, 7) is 8.13. The summed E-state index contributed by atoms with van der Waals surface area (Å²) in [5.41, 5.74) is 1.49. The van der Waals surface area contributed by atoms with Gasteiger partial charge < -0.3 is 9.84 Å². The number of aliphatic hydroxyl groups excluding tert-OH is 1. The van der Waals surface area contributed by atoms with Crippen LogP contribution in [-0.4, -0.2) is 23.3 Å². The molecule has 0 radical (unpaired) electrons. The number of esters is 1. The molecule has 1 aliphatic heterocycles. The van der Waals surface area contributed by atoms with Crippen molar-refractivity contribution in [3.63, 3.8) is 0 Å². The second kappa shape index (κ2) is 3.70. The highest BCUT2D eigenvalue weighted by Crippen LogP contribution is 2.55. The average Bonchev–Trinajstić information content (AvgIpc) is 2.60. The number of rotatable bonds is 0. The van der Waals surface area contributed by atoms with E-state index < -0.39 is 6.10 Å². The Bertz CT molecular complexity index is 451. The van der Waals surface area contributed by atoms with Crippen LogP contribution in [0.4, 0.5) is 0 Å². The third-order valence-corrected chi connectivity index (χ3v) is 5.41. The molecule has 3 aliphatic rings. The number of hydrogen-bond donors (Lipinski definition) is 1. The van der Waals surface area contributed by atoms with E-state index in [0.717, 1.165) is 19.3 Å². The zero-order valence-electron chi connectivity index (χ0n) is 11.0. The number of fused-ring (bicyclic) bond motifs is 2. The summed E-state index contributed by atoms with van der Waals surface area (Å²) in [7, 11) is 0. The largest absolute Gasteiger partial charge is 0.458 e. The predicted molar refractivity (Wildman–Crippen MR) is 67.7 cm³/mol. The minimum absolute atomic E-state index is 0.204. The molecule has 3 nitrogen and oxygen atoms in total. The highest BCUT2D eigenvalue weighted by atomic mass is 16.6. The molecule has 98 valence electrons.